The number of aromatic amines is 1. The number of H-pyrrole nitrogens is 1. The normalized spacial score (nSPS) is 17.3. The zero-order valence-corrected chi connectivity index (χ0v) is 10.0. The minimum atomic E-state index is -0.692. The van der Waals surface area contributed by atoms with Crippen molar-refractivity contribution in [1.82, 2.24) is 4.98 Å². The second-order valence-electron chi connectivity index (χ2n) is 5.06. The lowest BCUT2D eigenvalue weighted by atomic mass is 9.93. The van der Waals surface area contributed by atoms with E-state index in [1.807, 2.05) is 26.0 Å². The Morgan fingerprint density at radius 2 is 2.06 bits per heavy atom. The van der Waals surface area contributed by atoms with Crippen molar-refractivity contribution >= 4 is 16.9 Å². The van der Waals surface area contributed by atoms with E-state index in [9.17, 15) is 9.90 Å². The molecule has 1 heterocycles. The molecule has 1 aliphatic rings. The highest BCUT2D eigenvalue weighted by atomic mass is 16.4. The van der Waals surface area contributed by atoms with Crippen molar-refractivity contribution in [2.24, 2.45) is 0 Å². The smallest absolute Gasteiger partial charge is 0.314 e. The molecule has 2 N–H and O–H groups in total. The van der Waals surface area contributed by atoms with Gasteiger partial charge in [-0.05, 0) is 44.4 Å². The molecule has 17 heavy (non-hydrogen) atoms. The fourth-order valence-electron chi connectivity index (χ4n) is 2.75. The molecular weight excluding hydrogens is 214 g/mol. The molecule has 0 radical (unpaired) electrons. The Labute approximate surface area is 99.5 Å². The van der Waals surface area contributed by atoms with Gasteiger partial charge < -0.3 is 10.1 Å². The monoisotopic (exact) mass is 229 g/mol. The molecule has 1 fully saturated rings. The molecule has 2 aromatic rings. The van der Waals surface area contributed by atoms with Crippen LogP contribution in [0.4, 0.5) is 0 Å². The maximum Gasteiger partial charge on any atom is 0.314 e. The van der Waals surface area contributed by atoms with Crippen LogP contribution in [-0.4, -0.2) is 16.1 Å². The van der Waals surface area contributed by atoms with Gasteiger partial charge in [-0.25, -0.2) is 0 Å². The maximum absolute atomic E-state index is 11.4. The minimum Gasteiger partial charge on any atom is -0.481 e. The van der Waals surface area contributed by atoms with Gasteiger partial charge in [-0.3, -0.25) is 4.79 Å². The van der Waals surface area contributed by atoms with Crippen LogP contribution in [0, 0.1) is 13.8 Å². The van der Waals surface area contributed by atoms with E-state index in [0.29, 0.717) is 0 Å². The second kappa shape index (κ2) is 3.13. The molecule has 1 aliphatic carbocycles. The Hall–Kier alpha value is -1.77. The summed E-state index contributed by atoms with van der Waals surface area (Å²) in [6.45, 7) is 4.00. The zero-order valence-electron chi connectivity index (χ0n) is 10.0. The van der Waals surface area contributed by atoms with Crippen LogP contribution in [0.3, 0.4) is 0 Å². The number of hydrogen-bond acceptors (Lipinski definition) is 1. The first-order valence-electron chi connectivity index (χ1n) is 5.87. The van der Waals surface area contributed by atoms with Crippen molar-refractivity contribution in [2.45, 2.75) is 32.1 Å². The van der Waals surface area contributed by atoms with Gasteiger partial charge in [0.2, 0.25) is 0 Å². The van der Waals surface area contributed by atoms with Crippen LogP contribution in [0.1, 0.15) is 29.7 Å². The summed E-state index contributed by atoms with van der Waals surface area (Å²) in [4.78, 5) is 14.7. The molecule has 0 atom stereocenters. The molecule has 0 spiro atoms. The van der Waals surface area contributed by atoms with Crippen molar-refractivity contribution in [2.75, 3.05) is 0 Å². The predicted molar refractivity (Wildman–Crippen MR) is 66.3 cm³/mol. The summed E-state index contributed by atoms with van der Waals surface area (Å²) in [7, 11) is 0. The number of aryl methyl sites for hydroxylation is 2. The Kier molecular flexibility index (Phi) is 1.91. The highest BCUT2D eigenvalue weighted by Crippen LogP contribution is 2.51. The molecular formula is C14H15NO2. The number of nitrogens with one attached hydrogen (secondary N) is 1. The van der Waals surface area contributed by atoms with Crippen LogP contribution >= 0.6 is 0 Å². The average molecular weight is 229 g/mol. The van der Waals surface area contributed by atoms with Crippen LogP contribution in [0.5, 0.6) is 0 Å². The minimum absolute atomic E-state index is 0.629. The Bertz CT molecular complexity index is 620. The number of aromatic nitrogens is 1. The molecule has 0 bridgehead atoms. The maximum atomic E-state index is 11.4. The quantitative estimate of drug-likeness (QED) is 0.831. The van der Waals surface area contributed by atoms with Crippen molar-refractivity contribution in [1.29, 1.82) is 0 Å². The first-order chi connectivity index (χ1) is 8.04. The number of carboxylic acids is 1. The number of carbonyl (C=O) groups is 1. The van der Waals surface area contributed by atoms with E-state index in [2.05, 4.69) is 11.1 Å². The number of rotatable bonds is 2. The van der Waals surface area contributed by atoms with Crippen molar-refractivity contribution in [3.8, 4) is 0 Å². The van der Waals surface area contributed by atoms with E-state index in [0.717, 1.165) is 35.0 Å². The summed E-state index contributed by atoms with van der Waals surface area (Å²) in [6.07, 6.45) is 1.51. The van der Waals surface area contributed by atoms with Crippen LogP contribution in [0.15, 0.2) is 18.2 Å². The Morgan fingerprint density at radius 3 is 2.65 bits per heavy atom. The highest BCUT2D eigenvalue weighted by molar-refractivity contribution is 5.95. The third kappa shape index (κ3) is 1.32. The zero-order chi connectivity index (χ0) is 12.2. The summed E-state index contributed by atoms with van der Waals surface area (Å²) >= 11 is 0. The summed E-state index contributed by atoms with van der Waals surface area (Å²) in [6, 6.07) is 6.15. The largest absolute Gasteiger partial charge is 0.481 e. The topological polar surface area (TPSA) is 53.1 Å². The van der Waals surface area contributed by atoms with E-state index in [-0.39, 0.29) is 0 Å². The lowest BCUT2D eigenvalue weighted by molar-refractivity contribution is -0.140. The standard InChI is InChI=1S/C14H15NO2/c1-8-3-4-11-10(7-8)12(9(2)15-11)14(5-6-14)13(16)17/h3-4,7,15H,5-6H2,1-2H3,(H,16,17). The molecule has 1 aromatic heterocycles. The number of benzene rings is 1. The van der Waals surface area contributed by atoms with Gasteiger partial charge in [-0.1, -0.05) is 11.6 Å². The molecule has 1 aromatic carbocycles. The summed E-state index contributed by atoms with van der Waals surface area (Å²) in [5.41, 5.74) is 3.56. The van der Waals surface area contributed by atoms with Crippen molar-refractivity contribution in [3.05, 3.63) is 35.0 Å². The third-order valence-electron chi connectivity index (χ3n) is 3.78. The third-order valence-corrected chi connectivity index (χ3v) is 3.78. The summed E-state index contributed by atoms with van der Waals surface area (Å²) < 4.78 is 0. The van der Waals surface area contributed by atoms with Gasteiger partial charge in [0.15, 0.2) is 0 Å². The molecule has 0 amide bonds. The summed E-state index contributed by atoms with van der Waals surface area (Å²) in [5, 5.41) is 10.5. The van der Waals surface area contributed by atoms with Gasteiger partial charge in [-0.2, -0.15) is 0 Å². The van der Waals surface area contributed by atoms with Crippen molar-refractivity contribution < 1.29 is 9.90 Å². The van der Waals surface area contributed by atoms with Crippen molar-refractivity contribution in [3.63, 3.8) is 0 Å². The van der Waals surface area contributed by atoms with Gasteiger partial charge in [0, 0.05) is 16.6 Å². The lowest BCUT2D eigenvalue weighted by Gasteiger charge is -2.10. The van der Waals surface area contributed by atoms with E-state index in [4.69, 9.17) is 0 Å². The molecule has 3 rings (SSSR count). The van der Waals surface area contributed by atoms with Gasteiger partial charge in [0.1, 0.15) is 0 Å². The fourth-order valence-corrected chi connectivity index (χ4v) is 2.75. The number of hydrogen-bond donors (Lipinski definition) is 2. The second-order valence-corrected chi connectivity index (χ2v) is 5.06. The predicted octanol–water partition coefficient (Wildman–Crippen LogP) is 2.90. The van der Waals surface area contributed by atoms with E-state index in [1.54, 1.807) is 0 Å². The summed E-state index contributed by atoms with van der Waals surface area (Å²) in [5.74, 6) is -0.692. The number of aliphatic carboxylic acids is 1. The molecule has 0 unspecified atom stereocenters. The SMILES string of the molecule is Cc1ccc2[nH]c(C)c(C3(C(=O)O)CC3)c2c1. The van der Waals surface area contributed by atoms with Crippen LogP contribution in [0.25, 0.3) is 10.9 Å². The van der Waals surface area contributed by atoms with Gasteiger partial charge >= 0.3 is 5.97 Å². The van der Waals surface area contributed by atoms with E-state index >= 15 is 0 Å². The average Bonchev–Trinajstić information content (AvgIpc) is 2.98. The first-order valence-corrected chi connectivity index (χ1v) is 5.87. The molecule has 3 nitrogen and oxygen atoms in total. The first kappa shape index (κ1) is 10.4. The lowest BCUT2D eigenvalue weighted by Crippen LogP contribution is -2.20. The van der Waals surface area contributed by atoms with Crippen LogP contribution in [-0.2, 0) is 10.2 Å². The highest BCUT2D eigenvalue weighted by Gasteiger charge is 2.53. The van der Waals surface area contributed by atoms with E-state index < -0.39 is 11.4 Å². The Balaban J connectivity index is 2.32. The fraction of sp³-hybridized carbons (Fsp3) is 0.357. The Morgan fingerprint density at radius 1 is 1.35 bits per heavy atom. The van der Waals surface area contributed by atoms with E-state index in [1.165, 1.54) is 5.56 Å². The van der Waals surface area contributed by atoms with Gasteiger partial charge in [0.05, 0.1) is 5.41 Å². The van der Waals surface area contributed by atoms with Crippen LogP contribution in [0.2, 0.25) is 0 Å². The number of carboxylic acid groups (broad SMARTS) is 1. The molecule has 0 saturated heterocycles. The molecule has 0 aliphatic heterocycles. The number of fused-ring (bicyclic) bond motifs is 1. The molecule has 88 valence electrons. The molecule has 1 saturated carbocycles. The van der Waals surface area contributed by atoms with Gasteiger partial charge in [0.25, 0.3) is 0 Å². The van der Waals surface area contributed by atoms with Crippen LogP contribution < -0.4 is 0 Å². The molecule has 3 heteroatoms. The van der Waals surface area contributed by atoms with Gasteiger partial charge in [-0.15, -0.1) is 0 Å².